The zero-order valence-corrected chi connectivity index (χ0v) is 29.5. The third kappa shape index (κ3) is 5.84. The summed E-state index contributed by atoms with van der Waals surface area (Å²) in [4.78, 5) is 0. The minimum atomic E-state index is -1.82. The van der Waals surface area contributed by atoms with Gasteiger partial charge in [-0.15, -0.1) is 0 Å². The first-order valence-electron chi connectivity index (χ1n) is 15.9. The predicted octanol–water partition coefficient (Wildman–Crippen LogP) is 9.95. The van der Waals surface area contributed by atoms with E-state index in [1.807, 2.05) is 7.11 Å². The molecule has 0 saturated heterocycles. The number of hydrogen-bond acceptors (Lipinski definition) is 1. The SMILES string of the molecule is COc1c(C(C)(C)C)cc(-c2c3c(cc4c2CCC4)C([Si](C)(C)C2C(C)=C(C)C(C)=C2C)C(C)=C3)cc1C(C)(C)C.[LiH].[LiH]. The van der Waals surface area contributed by atoms with Crippen molar-refractivity contribution in [2.24, 2.45) is 0 Å². The minimum absolute atomic E-state index is 0. The van der Waals surface area contributed by atoms with Crippen molar-refractivity contribution < 1.29 is 4.74 Å². The van der Waals surface area contributed by atoms with Gasteiger partial charge in [0.15, 0.2) is 0 Å². The summed E-state index contributed by atoms with van der Waals surface area (Å²) in [7, 11) is 0.0291. The summed E-state index contributed by atoms with van der Waals surface area (Å²) in [6, 6.07) is 7.61. The molecule has 2 aromatic carbocycles. The molecular formula is C39H56Li2OSi. The number of aryl methyl sites for hydroxylation is 1. The average molecular weight is 583 g/mol. The Morgan fingerprint density at radius 2 is 1.26 bits per heavy atom. The molecule has 0 fully saturated rings. The number of methoxy groups -OCH3 is 1. The van der Waals surface area contributed by atoms with Crippen molar-refractivity contribution in [3.8, 4) is 16.9 Å². The molecule has 0 bridgehead atoms. The molecule has 0 N–H and O–H groups in total. The molecule has 0 radical (unpaired) electrons. The van der Waals surface area contributed by atoms with Gasteiger partial charge in [-0.3, -0.25) is 0 Å². The van der Waals surface area contributed by atoms with Crippen molar-refractivity contribution in [2.75, 3.05) is 7.11 Å². The van der Waals surface area contributed by atoms with E-state index >= 15 is 0 Å². The monoisotopic (exact) mass is 582 g/mol. The molecule has 1 atom stereocenters. The van der Waals surface area contributed by atoms with Crippen LogP contribution in [0.1, 0.15) is 122 Å². The second-order valence-electron chi connectivity index (χ2n) is 16.0. The van der Waals surface area contributed by atoms with Crippen molar-refractivity contribution in [3.63, 3.8) is 0 Å². The first-order valence-corrected chi connectivity index (χ1v) is 19.0. The molecule has 0 saturated carbocycles. The molecule has 0 amide bonds. The zero-order chi connectivity index (χ0) is 30.4. The number of fused-ring (bicyclic) bond motifs is 2. The first kappa shape index (κ1) is 36.3. The van der Waals surface area contributed by atoms with Gasteiger partial charge in [-0.25, -0.2) is 0 Å². The van der Waals surface area contributed by atoms with Crippen LogP contribution in [0.2, 0.25) is 18.6 Å². The molecule has 224 valence electrons. The fourth-order valence-electron chi connectivity index (χ4n) is 8.79. The van der Waals surface area contributed by atoms with Gasteiger partial charge in [-0.1, -0.05) is 83.5 Å². The van der Waals surface area contributed by atoms with Crippen molar-refractivity contribution >= 4 is 51.9 Å². The van der Waals surface area contributed by atoms with Crippen LogP contribution in [0, 0.1) is 0 Å². The third-order valence-corrected chi connectivity index (χ3v) is 15.5. The number of benzene rings is 2. The number of allylic oxidation sites excluding steroid dienone is 5. The summed E-state index contributed by atoms with van der Waals surface area (Å²) in [5, 5.41) is 0. The van der Waals surface area contributed by atoms with E-state index in [0.29, 0.717) is 11.1 Å². The van der Waals surface area contributed by atoms with Gasteiger partial charge < -0.3 is 4.74 Å². The van der Waals surface area contributed by atoms with Crippen molar-refractivity contribution in [2.45, 2.75) is 130 Å². The number of ether oxygens (including phenoxy) is 1. The molecule has 1 unspecified atom stereocenters. The molecule has 3 aliphatic carbocycles. The van der Waals surface area contributed by atoms with Crippen LogP contribution in [0.3, 0.4) is 0 Å². The van der Waals surface area contributed by atoms with E-state index in [1.54, 1.807) is 33.4 Å². The summed E-state index contributed by atoms with van der Waals surface area (Å²) in [6.07, 6.45) is 6.24. The van der Waals surface area contributed by atoms with Crippen LogP contribution in [-0.4, -0.2) is 52.9 Å². The quantitative estimate of drug-likeness (QED) is 0.326. The van der Waals surface area contributed by atoms with E-state index in [1.165, 1.54) is 58.2 Å². The molecule has 2 aromatic rings. The summed E-state index contributed by atoms with van der Waals surface area (Å²) < 4.78 is 6.16. The fraction of sp³-hybridized carbons (Fsp3) is 0.538. The average Bonchev–Trinajstić information content (AvgIpc) is 3.52. The normalized spacial score (nSPS) is 18.8. The molecule has 4 heteroatoms. The van der Waals surface area contributed by atoms with Crippen LogP contribution in [0.4, 0.5) is 0 Å². The maximum atomic E-state index is 6.16. The molecule has 43 heavy (non-hydrogen) atoms. The first-order chi connectivity index (χ1) is 18.9. The standard InChI is InChI=1S/C39H54OSi.2Li.2H/c1-22-18-30-31(36(22)41(13,14)37-25(4)23(2)24(3)26(37)5)19-27-16-15-17-29(27)34(30)28-20-32(38(6,7)8)35(40-12)33(21-28)39(9,10)11;;;;/h18-21,36-37H,15-17H2,1-14H3;;;;. The van der Waals surface area contributed by atoms with Gasteiger partial charge in [-0.2, -0.15) is 0 Å². The van der Waals surface area contributed by atoms with E-state index in [0.717, 1.165) is 5.75 Å². The molecule has 5 rings (SSSR count). The molecule has 0 spiro atoms. The Morgan fingerprint density at radius 3 is 1.72 bits per heavy atom. The van der Waals surface area contributed by atoms with Crippen LogP contribution >= 0.6 is 0 Å². The van der Waals surface area contributed by atoms with E-state index < -0.39 is 8.07 Å². The van der Waals surface area contributed by atoms with Crippen molar-refractivity contribution in [1.82, 2.24) is 0 Å². The van der Waals surface area contributed by atoms with Gasteiger partial charge in [0, 0.05) is 16.7 Å². The second-order valence-corrected chi connectivity index (χ2v) is 20.8. The van der Waals surface area contributed by atoms with Crippen LogP contribution in [-0.2, 0) is 23.7 Å². The van der Waals surface area contributed by atoms with E-state index in [-0.39, 0.29) is 48.6 Å². The zero-order valence-electron chi connectivity index (χ0n) is 28.5. The Balaban J connectivity index is 0.00000253. The predicted molar refractivity (Wildman–Crippen MR) is 197 cm³/mol. The molecule has 0 aromatic heterocycles. The molecular weight excluding hydrogens is 526 g/mol. The fourth-order valence-corrected chi connectivity index (χ4v) is 14.1. The van der Waals surface area contributed by atoms with Gasteiger partial charge in [0.1, 0.15) is 5.75 Å². The molecule has 0 heterocycles. The van der Waals surface area contributed by atoms with Crippen LogP contribution in [0.5, 0.6) is 5.75 Å². The summed E-state index contributed by atoms with van der Waals surface area (Å²) in [5.74, 6) is 1.06. The Morgan fingerprint density at radius 1 is 0.744 bits per heavy atom. The molecule has 1 nitrogen and oxygen atoms in total. The van der Waals surface area contributed by atoms with Gasteiger partial charge in [0.25, 0.3) is 0 Å². The number of hydrogen-bond donors (Lipinski definition) is 0. The summed E-state index contributed by atoms with van der Waals surface area (Å²) in [6.45, 7) is 31.2. The maximum absolute atomic E-state index is 6.16. The van der Waals surface area contributed by atoms with Gasteiger partial charge >= 0.3 is 37.7 Å². The topological polar surface area (TPSA) is 9.23 Å². The molecule has 0 aliphatic heterocycles. The Hall–Kier alpha value is -1.13. The second kappa shape index (κ2) is 12.2. The van der Waals surface area contributed by atoms with Gasteiger partial charge in [0.2, 0.25) is 0 Å². The van der Waals surface area contributed by atoms with E-state index in [4.69, 9.17) is 4.74 Å². The van der Waals surface area contributed by atoms with Crippen molar-refractivity contribution in [1.29, 1.82) is 0 Å². The Labute approximate surface area is 288 Å². The van der Waals surface area contributed by atoms with Crippen LogP contribution in [0.15, 0.2) is 46.1 Å². The van der Waals surface area contributed by atoms with E-state index in [2.05, 4.69) is 114 Å². The Kier molecular flexibility index (Phi) is 10.3. The third-order valence-electron chi connectivity index (χ3n) is 10.9. The van der Waals surface area contributed by atoms with Gasteiger partial charge in [0.05, 0.1) is 15.2 Å². The molecule has 3 aliphatic rings. The van der Waals surface area contributed by atoms with Gasteiger partial charge in [-0.05, 0) is 127 Å². The van der Waals surface area contributed by atoms with Crippen molar-refractivity contribution in [3.05, 3.63) is 79.4 Å². The Bertz CT molecular complexity index is 1480. The van der Waals surface area contributed by atoms with E-state index in [9.17, 15) is 0 Å². The number of rotatable bonds is 4. The van der Waals surface area contributed by atoms with Crippen LogP contribution < -0.4 is 4.74 Å². The summed E-state index contributed by atoms with van der Waals surface area (Å²) >= 11 is 0. The van der Waals surface area contributed by atoms with Crippen LogP contribution in [0.25, 0.3) is 17.2 Å². The summed E-state index contributed by atoms with van der Waals surface area (Å²) in [5.41, 5.74) is 20.9.